The fourth-order valence-electron chi connectivity index (χ4n) is 3.74. The molecule has 0 aliphatic heterocycles. The van der Waals surface area contributed by atoms with Gasteiger partial charge in [-0.05, 0) is 29.0 Å². The molecule has 0 aliphatic rings. The van der Waals surface area contributed by atoms with Crippen molar-refractivity contribution in [2.45, 2.75) is 13.1 Å². The minimum Gasteiger partial charge on any atom is -0.464 e. The van der Waals surface area contributed by atoms with E-state index < -0.39 is 0 Å². The lowest BCUT2D eigenvalue weighted by Crippen LogP contribution is -3.06. The van der Waals surface area contributed by atoms with Gasteiger partial charge in [0.2, 0.25) is 0 Å². The first-order chi connectivity index (χ1) is 14.2. The van der Waals surface area contributed by atoms with Crippen molar-refractivity contribution < 1.29 is 9.32 Å². The molecule has 0 saturated heterocycles. The quantitative estimate of drug-likeness (QED) is 0.472. The summed E-state index contributed by atoms with van der Waals surface area (Å²) in [6.07, 6.45) is 1.61. The Morgan fingerprint density at radius 1 is 1.07 bits per heavy atom. The molecule has 0 fully saturated rings. The monoisotopic (exact) mass is 402 g/mol. The van der Waals surface area contributed by atoms with Crippen molar-refractivity contribution in [1.82, 2.24) is 9.97 Å². The highest BCUT2D eigenvalue weighted by molar-refractivity contribution is 7.17. The third-order valence-corrected chi connectivity index (χ3v) is 5.94. The molecule has 5 rings (SSSR count). The second-order valence-corrected chi connectivity index (χ2v) is 8.17. The fourth-order valence-corrected chi connectivity index (χ4v) is 4.68. The second-order valence-electron chi connectivity index (χ2n) is 7.31. The number of thiophene rings is 1. The zero-order valence-corrected chi connectivity index (χ0v) is 16.8. The van der Waals surface area contributed by atoms with E-state index in [1.54, 1.807) is 6.26 Å². The summed E-state index contributed by atoms with van der Waals surface area (Å²) in [5.41, 5.74) is 1.95. The Bertz CT molecular complexity index is 1350. The molecule has 29 heavy (non-hydrogen) atoms. The van der Waals surface area contributed by atoms with Crippen molar-refractivity contribution in [3.63, 3.8) is 0 Å². The number of aromatic nitrogens is 2. The van der Waals surface area contributed by atoms with Crippen LogP contribution in [0.15, 0.2) is 75.5 Å². The number of aromatic amines is 1. The van der Waals surface area contributed by atoms with Gasteiger partial charge >= 0.3 is 0 Å². The summed E-state index contributed by atoms with van der Waals surface area (Å²) in [6.45, 7) is 1.50. The SMILES string of the molecule is C[NH+](Cc1ccc2ccccc2c1)Cc1nc2scc(-c3ccco3)c2c(=O)[nH]1. The molecule has 0 radical (unpaired) electrons. The highest BCUT2D eigenvalue weighted by Gasteiger charge is 2.16. The molecule has 1 unspecified atom stereocenters. The van der Waals surface area contributed by atoms with E-state index in [0.29, 0.717) is 23.5 Å². The van der Waals surface area contributed by atoms with Crippen LogP contribution in [0.1, 0.15) is 11.4 Å². The third kappa shape index (κ3) is 3.48. The third-order valence-electron chi connectivity index (χ3n) is 5.07. The summed E-state index contributed by atoms with van der Waals surface area (Å²) in [5.74, 6) is 1.39. The number of H-pyrrole nitrogens is 1. The lowest BCUT2D eigenvalue weighted by molar-refractivity contribution is -0.908. The number of furan rings is 1. The number of rotatable bonds is 5. The molecule has 0 amide bonds. The van der Waals surface area contributed by atoms with Crippen LogP contribution in [0, 0.1) is 0 Å². The maximum absolute atomic E-state index is 12.7. The number of hydrogen-bond acceptors (Lipinski definition) is 4. The van der Waals surface area contributed by atoms with E-state index in [1.165, 1.54) is 32.6 Å². The van der Waals surface area contributed by atoms with Crippen LogP contribution >= 0.6 is 11.3 Å². The summed E-state index contributed by atoms with van der Waals surface area (Å²) < 4.78 is 5.45. The Kier molecular flexibility index (Phi) is 4.50. The largest absolute Gasteiger partial charge is 0.464 e. The molecule has 5 aromatic rings. The van der Waals surface area contributed by atoms with Gasteiger partial charge in [0, 0.05) is 16.5 Å². The maximum Gasteiger partial charge on any atom is 0.260 e. The number of benzene rings is 2. The Morgan fingerprint density at radius 3 is 2.76 bits per heavy atom. The summed E-state index contributed by atoms with van der Waals surface area (Å²) in [5, 5.41) is 5.02. The highest BCUT2D eigenvalue weighted by Crippen LogP contribution is 2.30. The molecule has 0 bridgehead atoms. The van der Waals surface area contributed by atoms with Crippen LogP contribution in [-0.2, 0) is 13.1 Å². The lowest BCUT2D eigenvalue weighted by Gasteiger charge is -2.14. The first-order valence-electron chi connectivity index (χ1n) is 9.50. The average Bonchev–Trinajstić information content (AvgIpc) is 3.37. The number of fused-ring (bicyclic) bond motifs is 2. The number of quaternary nitrogens is 1. The zero-order chi connectivity index (χ0) is 19.8. The molecule has 0 aliphatic carbocycles. The standard InChI is InChI=1S/C23H19N3O2S/c1-26(12-15-8-9-16-5-2-3-6-17(16)11-15)13-20-24-22(27)21-18(14-29-23(21)25-20)19-7-4-10-28-19/h2-11,14H,12-13H2,1H3,(H,24,25,27)/p+1. The molecule has 1 atom stereocenters. The predicted molar refractivity (Wildman–Crippen MR) is 116 cm³/mol. The van der Waals surface area contributed by atoms with Crippen LogP contribution in [0.4, 0.5) is 0 Å². The van der Waals surface area contributed by atoms with Gasteiger partial charge in [-0.2, -0.15) is 0 Å². The van der Waals surface area contributed by atoms with E-state index >= 15 is 0 Å². The van der Waals surface area contributed by atoms with Gasteiger partial charge in [-0.15, -0.1) is 11.3 Å². The van der Waals surface area contributed by atoms with Gasteiger partial charge in [0.25, 0.3) is 5.56 Å². The van der Waals surface area contributed by atoms with Crippen molar-refractivity contribution in [1.29, 1.82) is 0 Å². The van der Waals surface area contributed by atoms with E-state index in [2.05, 4.69) is 54.5 Å². The number of nitrogens with zero attached hydrogens (tertiary/aromatic N) is 1. The van der Waals surface area contributed by atoms with Crippen LogP contribution in [0.3, 0.4) is 0 Å². The molecule has 0 saturated carbocycles. The summed E-state index contributed by atoms with van der Waals surface area (Å²) in [6, 6.07) is 18.6. The minimum atomic E-state index is -0.115. The number of nitrogens with one attached hydrogen (secondary N) is 2. The Hall–Kier alpha value is -3.22. The van der Waals surface area contributed by atoms with E-state index in [9.17, 15) is 4.79 Å². The van der Waals surface area contributed by atoms with Gasteiger partial charge in [-0.3, -0.25) is 4.79 Å². The average molecular weight is 402 g/mol. The van der Waals surface area contributed by atoms with Crippen molar-refractivity contribution >= 4 is 32.3 Å². The van der Waals surface area contributed by atoms with Crippen molar-refractivity contribution in [3.05, 3.63) is 88.0 Å². The normalized spacial score (nSPS) is 12.6. The first kappa shape index (κ1) is 17.8. The maximum atomic E-state index is 12.7. The Morgan fingerprint density at radius 2 is 1.93 bits per heavy atom. The molecule has 3 aromatic heterocycles. The molecular weight excluding hydrogens is 382 g/mol. The molecule has 144 valence electrons. The van der Waals surface area contributed by atoms with Gasteiger partial charge in [-0.25, -0.2) is 4.98 Å². The highest BCUT2D eigenvalue weighted by atomic mass is 32.1. The lowest BCUT2D eigenvalue weighted by atomic mass is 10.1. The van der Waals surface area contributed by atoms with E-state index in [1.807, 2.05) is 17.5 Å². The molecule has 2 N–H and O–H groups in total. The fraction of sp³-hybridized carbons (Fsp3) is 0.130. The zero-order valence-electron chi connectivity index (χ0n) is 15.9. The smallest absolute Gasteiger partial charge is 0.260 e. The van der Waals surface area contributed by atoms with Crippen molar-refractivity contribution in [2.24, 2.45) is 0 Å². The molecule has 6 heteroatoms. The van der Waals surface area contributed by atoms with Gasteiger partial charge < -0.3 is 14.3 Å². The minimum absolute atomic E-state index is 0.115. The Balaban J connectivity index is 1.38. The first-order valence-corrected chi connectivity index (χ1v) is 10.4. The predicted octanol–water partition coefficient (Wildman–Crippen LogP) is 3.61. The molecule has 0 spiro atoms. The van der Waals surface area contributed by atoms with Crippen LogP contribution < -0.4 is 10.5 Å². The van der Waals surface area contributed by atoms with Crippen LogP contribution in [0.2, 0.25) is 0 Å². The van der Waals surface area contributed by atoms with Crippen molar-refractivity contribution in [2.75, 3.05) is 7.05 Å². The van der Waals surface area contributed by atoms with E-state index in [4.69, 9.17) is 9.40 Å². The van der Waals surface area contributed by atoms with Crippen LogP contribution in [0.25, 0.3) is 32.3 Å². The summed E-state index contributed by atoms with van der Waals surface area (Å²) in [4.78, 5) is 22.4. The second kappa shape index (κ2) is 7.31. The van der Waals surface area contributed by atoms with Crippen LogP contribution in [0.5, 0.6) is 0 Å². The van der Waals surface area contributed by atoms with E-state index in [0.717, 1.165) is 16.9 Å². The van der Waals surface area contributed by atoms with Gasteiger partial charge in [0.05, 0.1) is 18.7 Å². The van der Waals surface area contributed by atoms with Gasteiger partial charge in [0.1, 0.15) is 23.7 Å². The molecular formula is C23H20N3O2S+. The van der Waals surface area contributed by atoms with Crippen molar-refractivity contribution in [3.8, 4) is 11.3 Å². The molecule has 5 nitrogen and oxygen atoms in total. The van der Waals surface area contributed by atoms with Crippen LogP contribution in [-0.4, -0.2) is 17.0 Å². The Labute approximate surface area is 171 Å². The van der Waals surface area contributed by atoms with E-state index in [-0.39, 0.29) is 5.56 Å². The van der Waals surface area contributed by atoms with Gasteiger partial charge in [0.15, 0.2) is 5.82 Å². The number of hydrogen-bond donors (Lipinski definition) is 2. The van der Waals surface area contributed by atoms with Gasteiger partial charge in [-0.1, -0.05) is 36.4 Å². The molecule has 3 heterocycles. The molecule has 2 aromatic carbocycles. The topological polar surface area (TPSA) is 63.3 Å². The summed E-state index contributed by atoms with van der Waals surface area (Å²) >= 11 is 1.47. The summed E-state index contributed by atoms with van der Waals surface area (Å²) in [7, 11) is 2.11.